The zero-order chi connectivity index (χ0) is 11.7. The predicted octanol–water partition coefficient (Wildman–Crippen LogP) is 3.37. The molecule has 5 heteroatoms. The summed E-state index contributed by atoms with van der Waals surface area (Å²) in [6, 6.07) is 4.49. The molecule has 1 heterocycles. The van der Waals surface area contributed by atoms with Gasteiger partial charge in [-0.2, -0.15) is 0 Å². The van der Waals surface area contributed by atoms with Gasteiger partial charge in [-0.25, -0.2) is 9.37 Å². The van der Waals surface area contributed by atoms with Crippen LogP contribution >= 0.6 is 15.9 Å². The third-order valence-corrected chi connectivity index (χ3v) is 2.86. The zero-order valence-electron chi connectivity index (χ0n) is 8.96. The van der Waals surface area contributed by atoms with Crippen molar-refractivity contribution in [3.63, 3.8) is 0 Å². The van der Waals surface area contributed by atoms with Gasteiger partial charge in [0, 0.05) is 17.7 Å². The van der Waals surface area contributed by atoms with Crippen LogP contribution < -0.4 is 5.32 Å². The molecule has 0 spiro atoms. The molecule has 0 saturated carbocycles. The normalized spacial score (nSPS) is 10.5. The van der Waals surface area contributed by atoms with Gasteiger partial charge in [0.05, 0.1) is 11.4 Å². The van der Waals surface area contributed by atoms with E-state index in [-0.39, 0.29) is 5.82 Å². The summed E-state index contributed by atoms with van der Waals surface area (Å²) in [6.07, 6.45) is 1.90. The maximum absolute atomic E-state index is 13.1. The molecule has 0 saturated heterocycles. The standard InChI is InChI=1S/C11H11BrFN3/c1-7-6-16(2)11(14-7)15-10-5-8(13)3-4-9(10)12/h3-6H,1-2H3,(H,14,15). The molecule has 0 unspecified atom stereocenters. The first kappa shape index (κ1) is 11.1. The van der Waals surface area contributed by atoms with Crippen LogP contribution in [0.15, 0.2) is 28.9 Å². The second kappa shape index (κ2) is 4.25. The summed E-state index contributed by atoms with van der Waals surface area (Å²) < 4.78 is 15.7. The average Bonchev–Trinajstić information content (AvgIpc) is 2.51. The van der Waals surface area contributed by atoms with Gasteiger partial charge in [0.1, 0.15) is 5.82 Å². The molecule has 0 aliphatic rings. The van der Waals surface area contributed by atoms with Crippen LogP contribution in [0.1, 0.15) is 5.69 Å². The Morgan fingerprint density at radius 3 is 2.81 bits per heavy atom. The van der Waals surface area contributed by atoms with Crippen molar-refractivity contribution in [3.05, 3.63) is 40.4 Å². The van der Waals surface area contributed by atoms with E-state index in [1.165, 1.54) is 12.1 Å². The SMILES string of the molecule is Cc1cn(C)c(Nc2cc(F)ccc2Br)n1. The molecule has 1 aromatic heterocycles. The van der Waals surface area contributed by atoms with E-state index in [1.807, 2.05) is 24.7 Å². The topological polar surface area (TPSA) is 29.9 Å². The number of anilines is 2. The molecule has 84 valence electrons. The highest BCUT2D eigenvalue weighted by molar-refractivity contribution is 9.10. The van der Waals surface area contributed by atoms with Crippen LogP contribution in [0.5, 0.6) is 0 Å². The number of benzene rings is 1. The Morgan fingerprint density at radius 1 is 1.44 bits per heavy atom. The Labute approximate surface area is 101 Å². The number of imidazole rings is 1. The quantitative estimate of drug-likeness (QED) is 0.916. The summed E-state index contributed by atoms with van der Waals surface area (Å²) >= 11 is 3.35. The molecule has 2 aromatic rings. The lowest BCUT2D eigenvalue weighted by molar-refractivity contribution is 0.628. The molecule has 0 amide bonds. The number of nitrogens with one attached hydrogen (secondary N) is 1. The number of nitrogens with zero attached hydrogens (tertiary/aromatic N) is 2. The van der Waals surface area contributed by atoms with Crippen molar-refractivity contribution in [2.75, 3.05) is 5.32 Å². The number of rotatable bonds is 2. The molecule has 0 aliphatic carbocycles. The Bertz CT molecular complexity index is 522. The summed E-state index contributed by atoms with van der Waals surface area (Å²) in [6.45, 7) is 1.91. The van der Waals surface area contributed by atoms with E-state index in [4.69, 9.17) is 0 Å². The molecular formula is C11H11BrFN3. The van der Waals surface area contributed by atoms with E-state index < -0.39 is 0 Å². The first-order chi connectivity index (χ1) is 7.56. The Balaban J connectivity index is 2.33. The van der Waals surface area contributed by atoms with Crippen molar-refractivity contribution in [2.24, 2.45) is 7.05 Å². The predicted molar refractivity (Wildman–Crippen MR) is 65.3 cm³/mol. The number of aromatic nitrogens is 2. The van der Waals surface area contributed by atoms with Crippen molar-refractivity contribution < 1.29 is 4.39 Å². The van der Waals surface area contributed by atoms with Crippen LogP contribution in [0.2, 0.25) is 0 Å². The van der Waals surface area contributed by atoms with E-state index >= 15 is 0 Å². The second-order valence-electron chi connectivity index (χ2n) is 3.57. The van der Waals surface area contributed by atoms with Crippen LogP contribution in [-0.2, 0) is 7.05 Å². The number of hydrogen-bond donors (Lipinski definition) is 1. The maximum Gasteiger partial charge on any atom is 0.207 e. The largest absolute Gasteiger partial charge is 0.324 e. The van der Waals surface area contributed by atoms with Gasteiger partial charge >= 0.3 is 0 Å². The molecule has 0 bridgehead atoms. The highest BCUT2D eigenvalue weighted by Crippen LogP contribution is 2.25. The minimum absolute atomic E-state index is 0.281. The fraction of sp³-hybridized carbons (Fsp3) is 0.182. The number of aryl methyl sites for hydroxylation is 2. The van der Waals surface area contributed by atoms with Crippen molar-refractivity contribution in [3.8, 4) is 0 Å². The van der Waals surface area contributed by atoms with Crippen LogP contribution in [0, 0.1) is 12.7 Å². The van der Waals surface area contributed by atoms with Gasteiger partial charge in [0.15, 0.2) is 0 Å². The Hall–Kier alpha value is -1.36. The van der Waals surface area contributed by atoms with Gasteiger partial charge in [-0.1, -0.05) is 0 Å². The van der Waals surface area contributed by atoms with Gasteiger partial charge < -0.3 is 9.88 Å². The van der Waals surface area contributed by atoms with Crippen molar-refractivity contribution in [1.29, 1.82) is 0 Å². The van der Waals surface area contributed by atoms with E-state index in [0.29, 0.717) is 11.6 Å². The van der Waals surface area contributed by atoms with Crippen molar-refractivity contribution in [1.82, 2.24) is 9.55 Å². The molecule has 0 aliphatic heterocycles. The fourth-order valence-electron chi connectivity index (χ4n) is 1.45. The van der Waals surface area contributed by atoms with E-state index in [1.54, 1.807) is 6.07 Å². The van der Waals surface area contributed by atoms with Crippen molar-refractivity contribution >= 4 is 27.6 Å². The monoisotopic (exact) mass is 283 g/mol. The van der Waals surface area contributed by atoms with Gasteiger partial charge in [-0.05, 0) is 41.1 Å². The molecule has 2 rings (SSSR count). The third kappa shape index (κ3) is 2.24. The Kier molecular flexibility index (Phi) is 2.96. The molecule has 3 nitrogen and oxygen atoms in total. The van der Waals surface area contributed by atoms with Gasteiger partial charge in [0.2, 0.25) is 5.95 Å². The van der Waals surface area contributed by atoms with Crippen molar-refractivity contribution in [2.45, 2.75) is 6.92 Å². The third-order valence-electron chi connectivity index (χ3n) is 2.17. The highest BCUT2D eigenvalue weighted by atomic mass is 79.9. The molecule has 16 heavy (non-hydrogen) atoms. The molecule has 1 N–H and O–H groups in total. The summed E-state index contributed by atoms with van der Waals surface area (Å²) in [4.78, 5) is 4.28. The summed E-state index contributed by atoms with van der Waals surface area (Å²) in [7, 11) is 1.88. The van der Waals surface area contributed by atoms with E-state index in [9.17, 15) is 4.39 Å². The first-order valence-electron chi connectivity index (χ1n) is 4.78. The van der Waals surface area contributed by atoms with Gasteiger partial charge in [-0.3, -0.25) is 0 Å². The van der Waals surface area contributed by atoms with E-state index in [0.717, 1.165) is 10.2 Å². The van der Waals surface area contributed by atoms with E-state index in [2.05, 4.69) is 26.2 Å². The number of hydrogen-bond acceptors (Lipinski definition) is 2. The minimum Gasteiger partial charge on any atom is -0.324 e. The lowest BCUT2D eigenvalue weighted by Gasteiger charge is -2.07. The first-order valence-corrected chi connectivity index (χ1v) is 5.57. The summed E-state index contributed by atoms with van der Waals surface area (Å²) in [5, 5.41) is 3.07. The van der Waals surface area contributed by atoms with Gasteiger partial charge in [0.25, 0.3) is 0 Å². The highest BCUT2D eigenvalue weighted by Gasteiger charge is 2.06. The van der Waals surface area contributed by atoms with Crippen LogP contribution in [0.4, 0.5) is 16.0 Å². The van der Waals surface area contributed by atoms with Gasteiger partial charge in [-0.15, -0.1) is 0 Å². The molecule has 1 aromatic carbocycles. The Morgan fingerprint density at radius 2 is 2.19 bits per heavy atom. The second-order valence-corrected chi connectivity index (χ2v) is 4.42. The zero-order valence-corrected chi connectivity index (χ0v) is 10.5. The van der Waals surface area contributed by atoms with Crippen LogP contribution in [0.25, 0.3) is 0 Å². The lowest BCUT2D eigenvalue weighted by atomic mass is 10.3. The average molecular weight is 284 g/mol. The molecule has 0 atom stereocenters. The summed E-state index contributed by atoms with van der Waals surface area (Å²) in [5.41, 5.74) is 1.58. The minimum atomic E-state index is -0.281. The maximum atomic E-state index is 13.1. The molecule has 0 radical (unpaired) electrons. The van der Waals surface area contributed by atoms with Crippen LogP contribution in [-0.4, -0.2) is 9.55 Å². The summed E-state index contributed by atoms with van der Waals surface area (Å²) in [5.74, 6) is 0.403. The number of halogens is 2. The molecule has 0 fully saturated rings. The molecular weight excluding hydrogens is 273 g/mol. The van der Waals surface area contributed by atoms with Crippen LogP contribution in [0.3, 0.4) is 0 Å². The smallest absolute Gasteiger partial charge is 0.207 e. The lowest BCUT2D eigenvalue weighted by Crippen LogP contribution is -1.99. The fourth-order valence-corrected chi connectivity index (χ4v) is 1.79.